The second-order valence-corrected chi connectivity index (χ2v) is 5.57. The van der Waals surface area contributed by atoms with Crippen molar-refractivity contribution >= 4 is 11.8 Å². The zero-order chi connectivity index (χ0) is 16.9. The molecule has 4 nitrogen and oxygen atoms in total. The van der Waals surface area contributed by atoms with Crippen LogP contribution in [0, 0.1) is 5.92 Å². The van der Waals surface area contributed by atoms with Gasteiger partial charge in [-0.05, 0) is 17.9 Å². The van der Waals surface area contributed by atoms with Gasteiger partial charge in [-0.25, -0.2) is 0 Å². The number of halogens is 3. The van der Waals surface area contributed by atoms with Gasteiger partial charge in [-0.15, -0.1) is 0 Å². The van der Waals surface area contributed by atoms with E-state index in [0.29, 0.717) is 6.42 Å². The maximum Gasteiger partial charge on any atom is 0.411 e. The van der Waals surface area contributed by atoms with Gasteiger partial charge >= 0.3 is 6.18 Å². The molecule has 0 unspecified atom stereocenters. The Hall–Kier alpha value is -1.89. The van der Waals surface area contributed by atoms with Crippen molar-refractivity contribution in [3.63, 3.8) is 0 Å². The second-order valence-electron chi connectivity index (χ2n) is 5.57. The van der Waals surface area contributed by atoms with Crippen LogP contribution in [0.1, 0.15) is 18.4 Å². The summed E-state index contributed by atoms with van der Waals surface area (Å²) in [6, 6.07) is 9.56. The SMILES string of the molecule is O=C1CC(Cc2ccccc2)CC(=O)N1CCOCC(F)(F)F. The minimum absolute atomic E-state index is 0.0651. The summed E-state index contributed by atoms with van der Waals surface area (Å²) in [5.41, 5.74) is 1.06. The van der Waals surface area contributed by atoms with Gasteiger partial charge < -0.3 is 4.74 Å². The highest BCUT2D eigenvalue weighted by Gasteiger charge is 2.33. The molecule has 0 N–H and O–H groups in total. The summed E-state index contributed by atoms with van der Waals surface area (Å²) in [5, 5.41) is 0. The molecular formula is C16H18F3NO3. The van der Waals surface area contributed by atoms with Gasteiger partial charge in [0.1, 0.15) is 6.61 Å². The van der Waals surface area contributed by atoms with Crippen LogP contribution in [-0.4, -0.2) is 42.6 Å². The number of hydrogen-bond acceptors (Lipinski definition) is 3. The van der Waals surface area contributed by atoms with Crippen molar-refractivity contribution in [1.82, 2.24) is 4.90 Å². The first-order chi connectivity index (χ1) is 10.8. The summed E-state index contributed by atoms with van der Waals surface area (Å²) >= 11 is 0. The number of imide groups is 1. The Balaban J connectivity index is 1.80. The van der Waals surface area contributed by atoms with E-state index in [0.717, 1.165) is 10.5 Å². The Labute approximate surface area is 132 Å². The van der Waals surface area contributed by atoms with Gasteiger partial charge in [0.2, 0.25) is 11.8 Å². The lowest BCUT2D eigenvalue weighted by atomic mass is 9.89. The van der Waals surface area contributed by atoms with Crippen LogP contribution >= 0.6 is 0 Å². The third-order valence-corrected chi connectivity index (χ3v) is 3.62. The molecule has 0 saturated carbocycles. The summed E-state index contributed by atoms with van der Waals surface area (Å²) < 4.78 is 40.3. The lowest BCUT2D eigenvalue weighted by molar-refractivity contribution is -0.175. The molecule has 7 heteroatoms. The maximum absolute atomic E-state index is 12.0. The number of amides is 2. The normalized spacial score (nSPS) is 16.9. The van der Waals surface area contributed by atoms with Crippen molar-refractivity contribution in [1.29, 1.82) is 0 Å². The number of likely N-dealkylation sites (tertiary alicyclic amines) is 1. The molecule has 1 aromatic rings. The van der Waals surface area contributed by atoms with Gasteiger partial charge in [0.25, 0.3) is 0 Å². The van der Waals surface area contributed by atoms with Crippen LogP contribution in [0.25, 0.3) is 0 Å². The molecule has 1 aliphatic heterocycles. The highest BCUT2D eigenvalue weighted by molar-refractivity contribution is 5.97. The molecule has 0 radical (unpaired) electrons. The topological polar surface area (TPSA) is 46.6 Å². The van der Waals surface area contributed by atoms with Gasteiger partial charge in [-0.3, -0.25) is 14.5 Å². The van der Waals surface area contributed by atoms with Crippen LogP contribution in [0.4, 0.5) is 13.2 Å². The van der Waals surface area contributed by atoms with E-state index in [1.807, 2.05) is 30.3 Å². The van der Waals surface area contributed by atoms with Crippen molar-refractivity contribution in [2.75, 3.05) is 19.8 Å². The molecular weight excluding hydrogens is 311 g/mol. The van der Waals surface area contributed by atoms with Crippen molar-refractivity contribution in [3.05, 3.63) is 35.9 Å². The minimum atomic E-state index is -4.41. The van der Waals surface area contributed by atoms with Crippen LogP contribution in [-0.2, 0) is 20.7 Å². The average molecular weight is 329 g/mol. The van der Waals surface area contributed by atoms with E-state index in [9.17, 15) is 22.8 Å². The van der Waals surface area contributed by atoms with Gasteiger partial charge in [-0.2, -0.15) is 13.2 Å². The average Bonchev–Trinajstić information content (AvgIpc) is 2.45. The van der Waals surface area contributed by atoms with E-state index in [-0.39, 0.29) is 43.7 Å². The predicted molar refractivity (Wildman–Crippen MR) is 76.5 cm³/mol. The number of ether oxygens (including phenoxy) is 1. The van der Waals surface area contributed by atoms with E-state index in [1.54, 1.807) is 0 Å². The molecule has 1 fully saturated rings. The van der Waals surface area contributed by atoms with E-state index >= 15 is 0 Å². The largest absolute Gasteiger partial charge is 0.411 e. The monoisotopic (exact) mass is 329 g/mol. The van der Waals surface area contributed by atoms with Gasteiger partial charge in [0, 0.05) is 12.8 Å². The summed E-state index contributed by atoms with van der Waals surface area (Å²) in [7, 11) is 0. The fourth-order valence-electron chi connectivity index (χ4n) is 2.61. The summed E-state index contributed by atoms with van der Waals surface area (Å²) in [5.74, 6) is -0.764. The van der Waals surface area contributed by atoms with Crippen LogP contribution in [0.5, 0.6) is 0 Å². The summed E-state index contributed by atoms with van der Waals surface area (Å²) in [6.45, 7) is -1.81. The molecule has 0 aliphatic carbocycles. The van der Waals surface area contributed by atoms with Crippen LogP contribution in [0.15, 0.2) is 30.3 Å². The molecule has 0 atom stereocenters. The number of carbonyl (C=O) groups excluding carboxylic acids is 2. The molecule has 1 saturated heterocycles. The lowest BCUT2D eigenvalue weighted by Gasteiger charge is -2.30. The number of alkyl halides is 3. The van der Waals surface area contributed by atoms with Crippen molar-refractivity contribution in [2.24, 2.45) is 5.92 Å². The summed E-state index contributed by atoms with van der Waals surface area (Å²) in [4.78, 5) is 25.0. The molecule has 1 aliphatic rings. The molecule has 23 heavy (non-hydrogen) atoms. The Bertz CT molecular complexity index is 527. The standard InChI is InChI=1S/C16H18F3NO3/c17-16(18,19)11-23-7-6-20-14(21)9-13(10-15(20)22)8-12-4-2-1-3-5-12/h1-5,13H,6-11H2. The highest BCUT2D eigenvalue weighted by Crippen LogP contribution is 2.23. The van der Waals surface area contributed by atoms with E-state index in [4.69, 9.17) is 0 Å². The van der Waals surface area contributed by atoms with Gasteiger partial charge in [0.05, 0.1) is 13.2 Å². The first-order valence-electron chi connectivity index (χ1n) is 7.37. The van der Waals surface area contributed by atoms with Crippen LogP contribution < -0.4 is 0 Å². The molecule has 1 heterocycles. The van der Waals surface area contributed by atoms with E-state index < -0.39 is 12.8 Å². The number of nitrogens with zero attached hydrogens (tertiary/aromatic N) is 1. The Morgan fingerprint density at radius 2 is 1.70 bits per heavy atom. The van der Waals surface area contributed by atoms with E-state index in [1.165, 1.54) is 0 Å². The fourth-order valence-corrected chi connectivity index (χ4v) is 2.61. The smallest absolute Gasteiger partial charge is 0.370 e. The van der Waals surface area contributed by atoms with Crippen molar-refractivity contribution in [3.8, 4) is 0 Å². The minimum Gasteiger partial charge on any atom is -0.370 e. The first kappa shape index (κ1) is 17.5. The molecule has 1 aromatic carbocycles. The number of carbonyl (C=O) groups is 2. The first-order valence-corrected chi connectivity index (χ1v) is 7.37. The third kappa shape index (κ3) is 5.67. The number of hydrogen-bond donors (Lipinski definition) is 0. The van der Waals surface area contributed by atoms with Crippen LogP contribution in [0.3, 0.4) is 0 Å². The number of benzene rings is 1. The molecule has 2 rings (SSSR count). The zero-order valence-electron chi connectivity index (χ0n) is 12.5. The van der Waals surface area contributed by atoms with Crippen molar-refractivity contribution in [2.45, 2.75) is 25.4 Å². The Morgan fingerprint density at radius 1 is 1.09 bits per heavy atom. The van der Waals surface area contributed by atoms with Gasteiger partial charge in [0.15, 0.2) is 0 Å². The predicted octanol–water partition coefficient (Wildman–Crippen LogP) is 2.57. The molecule has 0 bridgehead atoms. The second kappa shape index (κ2) is 7.59. The molecule has 0 spiro atoms. The molecule has 0 aromatic heterocycles. The Morgan fingerprint density at radius 3 is 2.26 bits per heavy atom. The number of rotatable bonds is 6. The van der Waals surface area contributed by atoms with Crippen molar-refractivity contribution < 1.29 is 27.5 Å². The maximum atomic E-state index is 12.0. The fraction of sp³-hybridized carbons (Fsp3) is 0.500. The Kier molecular flexibility index (Phi) is 5.76. The molecule has 2 amide bonds. The number of piperidine rings is 1. The molecule has 126 valence electrons. The highest BCUT2D eigenvalue weighted by atomic mass is 19.4. The van der Waals surface area contributed by atoms with Gasteiger partial charge in [-0.1, -0.05) is 30.3 Å². The van der Waals surface area contributed by atoms with Crippen LogP contribution in [0.2, 0.25) is 0 Å². The zero-order valence-corrected chi connectivity index (χ0v) is 12.5. The lowest BCUT2D eigenvalue weighted by Crippen LogP contribution is -2.45. The summed E-state index contributed by atoms with van der Waals surface area (Å²) in [6.07, 6.45) is -3.33. The third-order valence-electron chi connectivity index (χ3n) is 3.62. The quantitative estimate of drug-likeness (QED) is 0.595. The van der Waals surface area contributed by atoms with E-state index in [2.05, 4.69) is 4.74 Å².